The number of imide groups is 1. The van der Waals surface area contributed by atoms with Gasteiger partial charge in [-0.25, -0.2) is 9.78 Å². The van der Waals surface area contributed by atoms with E-state index in [-0.39, 0.29) is 5.91 Å². The summed E-state index contributed by atoms with van der Waals surface area (Å²) < 4.78 is 0.988. The number of thiazole rings is 1. The summed E-state index contributed by atoms with van der Waals surface area (Å²) in [6, 6.07) is -1.07. The van der Waals surface area contributed by atoms with Crippen molar-refractivity contribution in [3.8, 4) is 0 Å². The van der Waals surface area contributed by atoms with Gasteiger partial charge in [-0.2, -0.15) is 0 Å². The first-order chi connectivity index (χ1) is 6.16. The lowest BCUT2D eigenvalue weighted by molar-refractivity contribution is -0.120. The highest BCUT2D eigenvalue weighted by Crippen LogP contribution is 2.23. The van der Waals surface area contributed by atoms with Gasteiger partial charge in [0.2, 0.25) is 0 Å². The van der Waals surface area contributed by atoms with E-state index in [0.29, 0.717) is 5.01 Å². The Morgan fingerprint density at radius 1 is 1.54 bits per heavy atom. The minimum atomic E-state index is -0.610. The number of hydrogen-bond acceptors (Lipinski definition) is 4. The zero-order valence-electron chi connectivity index (χ0n) is 6.20. The molecule has 1 atom stereocenters. The molecule has 1 aliphatic rings. The van der Waals surface area contributed by atoms with Crippen LogP contribution in [0.4, 0.5) is 4.79 Å². The second-order valence-electron chi connectivity index (χ2n) is 2.40. The third-order valence-electron chi connectivity index (χ3n) is 1.52. The summed E-state index contributed by atoms with van der Waals surface area (Å²) in [6.07, 6.45) is 1.66. The molecule has 0 bridgehead atoms. The molecule has 1 fully saturated rings. The Kier molecular flexibility index (Phi) is 2.20. The molecule has 68 valence electrons. The smallest absolute Gasteiger partial charge is 0.320 e. The second kappa shape index (κ2) is 3.22. The highest BCUT2D eigenvalue weighted by Gasteiger charge is 2.32. The summed E-state index contributed by atoms with van der Waals surface area (Å²) in [4.78, 5) is 26.0. The zero-order chi connectivity index (χ0) is 9.42. The highest BCUT2D eigenvalue weighted by atomic mass is 127. The van der Waals surface area contributed by atoms with Crippen molar-refractivity contribution < 1.29 is 9.59 Å². The van der Waals surface area contributed by atoms with Crippen LogP contribution in [0.15, 0.2) is 6.20 Å². The molecule has 1 aromatic rings. The fraction of sp³-hybridized carbons (Fsp3) is 0.167. The molecule has 13 heavy (non-hydrogen) atoms. The third kappa shape index (κ3) is 1.66. The predicted octanol–water partition coefficient (Wildman–Crippen LogP) is 0.628. The lowest BCUT2D eigenvalue weighted by atomic mass is 10.3. The maximum Gasteiger partial charge on any atom is 0.322 e. The van der Waals surface area contributed by atoms with Crippen LogP contribution < -0.4 is 10.6 Å². The van der Waals surface area contributed by atoms with Gasteiger partial charge in [0, 0.05) is 0 Å². The van der Waals surface area contributed by atoms with E-state index >= 15 is 0 Å². The van der Waals surface area contributed by atoms with E-state index in [0.717, 1.165) is 2.88 Å². The van der Waals surface area contributed by atoms with E-state index < -0.39 is 12.1 Å². The summed E-state index contributed by atoms with van der Waals surface area (Å²) in [5.41, 5.74) is 0. The Balaban J connectivity index is 2.27. The molecule has 2 N–H and O–H groups in total. The number of carbonyl (C=O) groups is 2. The van der Waals surface area contributed by atoms with Crippen LogP contribution in [0.2, 0.25) is 0 Å². The van der Waals surface area contributed by atoms with Gasteiger partial charge in [-0.15, -0.1) is 11.3 Å². The number of carbonyl (C=O) groups excluding carboxylic acids is 2. The van der Waals surface area contributed by atoms with Gasteiger partial charge < -0.3 is 5.32 Å². The van der Waals surface area contributed by atoms with Crippen LogP contribution in [0, 0.1) is 2.88 Å². The van der Waals surface area contributed by atoms with Crippen molar-refractivity contribution in [3.05, 3.63) is 14.1 Å². The van der Waals surface area contributed by atoms with E-state index in [2.05, 4.69) is 38.2 Å². The van der Waals surface area contributed by atoms with Crippen LogP contribution in [-0.2, 0) is 4.79 Å². The fourth-order valence-electron chi connectivity index (χ4n) is 0.991. The van der Waals surface area contributed by atoms with Gasteiger partial charge in [-0.3, -0.25) is 10.1 Å². The molecular formula is C6H4IN3O2S. The average Bonchev–Trinajstić information content (AvgIpc) is 2.58. The second-order valence-corrected chi connectivity index (χ2v) is 5.35. The molecule has 2 heterocycles. The van der Waals surface area contributed by atoms with Crippen molar-refractivity contribution in [2.45, 2.75) is 6.04 Å². The molecule has 1 aromatic heterocycles. The van der Waals surface area contributed by atoms with Gasteiger partial charge in [0.1, 0.15) is 5.01 Å². The van der Waals surface area contributed by atoms with E-state index in [4.69, 9.17) is 0 Å². The minimum absolute atomic E-state index is 0.337. The largest absolute Gasteiger partial charge is 0.322 e. The van der Waals surface area contributed by atoms with Crippen molar-refractivity contribution in [3.63, 3.8) is 0 Å². The molecule has 1 unspecified atom stereocenters. The first kappa shape index (κ1) is 8.88. The Labute approximate surface area is 91.1 Å². The molecule has 1 saturated heterocycles. The Morgan fingerprint density at radius 2 is 2.31 bits per heavy atom. The van der Waals surface area contributed by atoms with Crippen LogP contribution in [0.25, 0.3) is 0 Å². The van der Waals surface area contributed by atoms with Gasteiger partial charge in [0.25, 0.3) is 5.91 Å². The molecule has 3 amide bonds. The lowest BCUT2D eigenvalue weighted by Crippen LogP contribution is -2.22. The molecule has 0 spiro atoms. The lowest BCUT2D eigenvalue weighted by Gasteiger charge is -2.00. The molecule has 2 rings (SSSR count). The zero-order valence-corrected chi connectivity index (χ0v) is 9.18. The van der Waals surface area contributed by atoms with Crippen molar-refractivity contribution in [1.29, 1.82) is 0 Å². The number of rotatable bonds is 1. The summed E-state index contributed by atoms with van der Waals surface area (Å²) in [5.74, 6) is -0.337. The number of amides is 3. The van der Waals surface area contributed by atoms with E-state index in [1.54, 1.807) is 6.20 Å². The van der Waals surface area contributed by atoms with Crippen molar-refractivity contribution in [1.82, 2.24) is 15.6 Å². The number of nitrogens with zero attached hydrogens (tertiary/aromatic N) is 1. The molecule has 1 aliphatic heterocycles. The normalized spacial score (nSPS) is 21.5. The first-order valence-corrected chi connectivity index (χ1v) is 5.29. The fourth-order valence-corrected chi connectivity index (χ4v) is 2.50. The van der Waals surface area contributed by atoms with Gasteiger partial charge >= 0.3 is 6.03 Å². The van der Waals surface area contributed by atoms with Crippen LogP contribution >= 0.6 is 33.9 Å². The maximum absolute atomic E-state index is 11.2. The maximum atomic E-state index is 11.2. The number of nitrogens with one attached hydrogen (secondary N) is 2. The number of hydrogen-bond donors (Lipinski definition) is 2. The molecular weight excluding hydrogens is 305 g/mol. The number of halogens is 1. The van der Waals surface area contributed by atoms with Crippen LogP contribution in [0.3, 0.4) is 0 Å². The van der Waals surface area contributed by atoms with Gasteiger partial charge in [-0.1, -0.05) is 0 Å². The molecule has 0 aliphatic carbocycles. The van der Waals surface area contributed by atoms with E-state index in [1.807, 2.05) is 0 Å². The quantitative estimate of drug-likeness (QED) is 0.590. The first-order valence-electron chi connectivity index (χ1n) is 3.39. The van der Waals surface area contributed by atoms with Gasteiger partial charge in [-0.05, 0) is 22.6 Å². The summed E-state index contributed by atoms with van der Waals surface area (Å²) in [7, 11) is 0. The monoisotopic (exact) mass is 309 g/mol. The molecule has 0 saturated carbocycles. The Bertz CT molecular complexity index is 378. The third-order valence-corrected chi connectivity index (χ3v) is 3.31. The summed E-state index contributed by atoms with van der Waals surface area (Å²) in [6.45, 7) is 0. The minimum Gasteiger partial charge on any atom is -0.320 e. The highest BCUT2D eigenvalue weighted by molar-refractivity contribution is 14.1. The Hall–Kier alpha value is -0.700. The van der Waals surface area contributed by atoms with E-state index in [1.165, 1.54) is 11.3 Å². The Morgan fingerprint density at radius 3 is 2.77 bits per heavy atom. The van der Waals surface area contributed by atoms with Gasteiger partial charge in [0.15, 0.2) is 6.04 Å². The summed E-state index contributed by atoms with van der Waals surface area (Å²) >= 11 is 3.50. The molecule has 5 nitrogen and oxygen atoms in total. The average molecular weight is 309 g/mol. The van der Waals surface area contributed by atoms with Crippen molar-refractivity contribution in [2.24, 2.45) is 0 Å². The van der Waals surface area contributed by atoms with Gasteiger partial charge in [0.05, 0.1) is 9.08 Å². The number of urea groups is 1. The standard InChI is InChI=1S/C6H4IN3O2S/c7-2-1-8-5(13-2)3-4(11)10-6(12)9-3/h1,3H,(H2,9,10,11,12). The van der Waals surface area contributed by atoms with Crippen LogP contribution in [0.1, 0.15) is 11.0 Å². The molecule has 0 aromatic carbocycles. The van der Waals surface area contributed by atoms with Crippen molar-refractivity contribution in [2.75, 3.05) is 0 Å². The number of aromatic nitrogens is 1. The molecule has 0 radical (unpaired) electrons. The topological polar surface area (TPSA) is 71.1 Å². The van der Waals surface area contributed by atoms with Crippen LogP contribution in [-0.4, -0.2) is 16.9 Å². The molecule has 7 heteroatoms. The SMILES string of the molecule is O=C1NC(=O)C(c2ncc(I)s2)N1. The van der Waals surface area contributed by atoms with E-state index in [9.17, 15) is 9.59 Å². The predicted molar refractivity (Wildman–Crippen MR) is 54.2 cm³/mol. The summed E-state index contributed by atoms with van der Waals surface area (Å²) in [5, 5.41) is 5.25. The van der Waals surface area contributed by atoms with Crippen molar-refractivity contribution >= 4 is 45.9 Å². The van der Waals surface area contributed by atoms with Crippen LogP contribution in [0.5, 0.6) is 0 Å².